The summed E-state index contributed by atoms with van der Waals surface area (Å²) in [6.45, 7) is 5.72. The zero-order valence-electron chi connectivity index (χ0n) is 14.1. The highest BCUT2D eigenvalue weighted by Crippen LogP contribution is 2.30. The zero-order chi connectivity index (χ0) is 17.7. The maximum Gasteiger partial charge on any atom is 0.182 e. The lowest BCUT2D eigenvalue weighted by Crippen LogP contribution is -2.36. The third-order valence-corrected chi connectivity index (χ3v) is 6.22. The monoisotopic (exact) mass is 358 g/mol. The van der Waals surface area contributed by atoms with Gasteiger partial charge in [0.05, 0.1) is 41.8 Å². The Kier molecular flexibility index (Phi) is 6.45. The van der Waals surface area contributed by atoms with Gasteiger partial charge in [0.25, 0.3) is 0 Å². The van der Waals surface area contributed by atoms with E-state index in [1.54, 1.807) is 32.0 Å². The van der Waals surface area contributed by atoms with Crippen LogP contribution in [0.15, 0.2) is 23.1 Å². The SMILES string of the molecule is CC(C)S(=O)(=O)c1ccc(N2CCOCC2)cc1NCC(O)CO. The standard InChI is InChI=1S/C16H26N2O5S/c1-12(2)24(21,22)16-4-3-13(18-5-7-23-8-6-18)9-15(16)17-10-14(20)11-19/h3-4,9,12,14,17,19-20H,5-8,10-11H2,1-2H3. The molecule has 7 nitrogen and oxygen atoms in total. The number of ether oxygens (including phenoxy) is 1. The Morgan fingerprint density at radius 2 is 1.96 bits per heavy atom. The van der Waals surface area contributed by atoms with E-state index in [0.717, 1.165) is 18.8 Å². The predicted octanol–water partition coefficient (Wildman–Crippen LogP) is 0.470. The molecule has 2 rings (SSSR count). The summed E-state index contributed by atoms with van der Waals surface area (Å²) in [6.07, 6.45) is -0.952. The van der Waals surface area contributed by atoms with E-state index in [-0.39, 0.29) is 18.0 Å². The maximum atomic E-state index is 12.6. The molecule has 0 aliphatic carbocycles. The number of rotatable bonds is 7. The van der Waals surface area contributed by atoms with Crippen molar-refractivity contribution in [2.75, 3.05) is 49.7 Å². The fourth-order valence-electron chi connectivity index (χ4n) is 2.47. The van der Waals surface area contributed by atoms with Crippen molar-refractivity contribution in [3.05, 3.63) is 18.2 Å². The van der Waals surface area contributed by atoms with Crippen LogP contribution in [0.1, 0.15) is 13.8 Å². The summed E-state index contributed by atoms with van der Waals surface area (Å²) in [6, 6.07) is 5.19. The first-order valence-electron chi connectivity index (χ1n) is 8.09. The number of nitrogens with one attached hydrogen (secondary N) is 1. The van der Waals surface area contributed by atoms with E-state index in [1.807, 2.05) is 0 Å². The van der Waals surface area contributed by atoms with Crippen LogP contribution in [0.3, 0.4) is 0 Å². The largest absolute Gasteiger partial charge is 0.394 e. The summed E-state index contributed by atoms with van der Waals surface area (Å²) in [5.41, 5.74) is 1.35. The Labute approximate surface area is 143 Å². The fourth-order valence-corrected chi connectivity index (χ4v) is 3.67. The first-order valence-corrected chi connectivity index (χ1v) is 9.64. The number of nitrogens with zero attached hydrogens (tertiary/aromatic N) is 1. The van der Waals surface area contributed by atoms with Gasteiger partial charge in [0, 0.05) is 25.3 Å². The first-order chi connectivity index (χ1) is 11.4. The summed E-state index contributed by atoms with van der Waals surface area (Å²) in [4.78, 5) is 2.34. The number of aliphatic hydroxyl groups excluding tert-OH is 2. The highest BCUT2D eigenvalue weighted by molar-refractivity contribution is 7.92. The van der Waals surface area contributed by atoms with Gasteiger partial charge in [-0.25, -0.2) is 8.42 Å². The quantitative estimate of drug-likeness (QED) is 0.652. The van der Waals surface area contributed by atoms with Gasteiger partial charge in [-0.1, -0.05) is 0 Å². The molecule has 3 N–H and O–H groups in total. The van der Waals surface area contributed by atoms with Crippen LogP contribution in [0.4, 0.5) is 11.4 Å². The zero-order valence-corrected chi connectivity index (χ0v) is 14.9. The van der Waals surface area contributed by atoms with Gasteiger partial charge in [-0.05, 0) is 32.0 Å². The van der Waals surface area contributed by atoms with E-state index in [9.17, 15) is 13.5 Å². The average molecular weight is 358 g/mol. The van der Waals surface area contributed by atoms with E-state index in [1.165, 1.54) is 0 Å². The summed E-state index contributed by atoms with van der Waals surface area (Å²) >= 11 is 0. The highest BCUT2D eigenvalue weighted by Gasteiger charge is 2.24. The van der Waals surface area contributed by atoms with Crippen molar-refractivity contribution in [2.24, 2.45) is 0 Å². The smallest absolute Gasteiger partial charge is 0.182 e. The van der Waals surface area contributed by atoms with E-state index < -0.39 is 21.2 Å². The van der Waals surface area contributed by atoms with E-state index >= 15 is 0 Å². The molecule has 1 heterocycles. The lowest BCUT2D eigenvalue weighted by atomic mass is 10.2. The van der Waals surface area contributed by atoms with Crippen molar-refractivity contribution in [1.29, 1.82) is 0 Å². The minimum atomic E-state index is -3.46. The van der Waals surface area contributed by atoms with Gasteiger partial charge in [0.15, 0.2) is 9.84 Å². The predicted molar refractivity (Wildman–Crippen MR) is 93.4 cm³/mol. The lowest BCUT2D eigenvalue weighted by molar-refractivity contribution is 0.105. The summed E-state index contributed by atoms with van der Waals surface area (Å²) in [5, 5.41) is 20.9. The number of anilines is 2. The Morgan fingerprint density at radius 3 is 2.54 bits per heavy atom. The van der Waals surface area contributed by atoms with Gasteiger partial charge < -0.3 is 25.2 Å². The molecule has 136 valence electrons. The third-order valence-electron chi connectivity index (χ3n) is 4.01. The molecule has 1 atom stereocenters. The molecule has 1 saturated heterocycles. The molecular weight excluding hydrogens is 332 g/mol. The van der Waals surface area contributed by atoms with Crippen LogP contribution >= 0.6 is 0 Å². The normalized spacial score (nSPS) is 17.1. The molecule has 1 fully saturated rings. The molecule has 0 amide bonds. The maximum absolute atomic E-state index is 12.6. The molecule has 1 unspecified atom stereocenters. The van der Waals surface area contributed by atoms with Gasteiger partial charge >= 0.3 is 0 Å². The van der Waals surface area contributed by atoms with Crippen LogP contribution in [-0.4, -0.2) is 69.4 Å². The molecule has 1 aromatic rings. The number of hydrogen-bond donors (Lipinski definition) is 3. The number of hydrogen-bond acceptors (Lipinski definition) is 7. The number of benzene rings is 1. The summed E-state index contributed by atoms with van der Waals surface area (Å²) < 4.78 is 30.5. The van der Waals surface area contributed by atoms with E-state index in [2.05, 4.69) is 10.2 Å². The molecular formula is C16H26N2O5S. The lowest BCUT2D eigenvalue weighted by Gasteiger charge is -2.29. The second-order valence-corrected chi connectivity index (χ2v) is 8.56. The molecule has 0 saturated carbocycles. The van der Waals surface area contributed by atoms with Crippen molar-refractivity contribution in [3.63, 3.8) is 0 Å². The van der Waals surface area contributed by atoms with Crippen LogP contribution < -0.4 is 10.2 Å². The van der Waals surface area contributed by atoms with Crippen molar-refractivity contribution in [2.45, 2.75) is 30.1 Å². The van der Waals surface area contributed by atoms with E-state index in [4.69, 9.17) is 9.84 Å². The third kappa shape index (κ3) is 4.38. The summed E-state index contributed by atoms with van der Waals surface area (Å²) in [5.74, 6) is 0. The van der Waals surface area contributed by atoms with Gasteiger partial charge in [0.1, 0.15) is 0 Å². The topological polar surface area (TPSA) is 99.1 Å². The van der Waals surface area contributed by atoms with Crippen molar-refractivity contribution in [3.8, 4) is 0 Å². The Morgan fingerprint density at radius 1 is 1.29 bits per heavy atom. The number of morpholine rings is 1. The van der Waals surface area contributed by atoms with Crippen molar-refractivity contribution >= 4 is 21.2 Å². The van der Waals surface area contributed by atoms with Gasteiger partial charge in [0.2, 0.25) is 0 Å². The van der Waals surface area contributed by atoms with Crippen LogP contribution in [0.25, 0.3) is 0 Å². The minimum Gasteiger partial charge on any atom is -0.394 e. The number of aliphatic hydroxyl groups is 2. The second kappa shape index (κ2) is 8.15. The molecule has 1 aliphatic heterocycles. The molecule has 0 spiro atoms. The molecule has 24 heavy (non-hydrogen) atoms. The van der Waals surface area contributed by atoms with Gasteiger partial charge in [-0.15, -0.1) is 0 Å². The van der Waals surface area contributed by atoms with Crippen molar-refractivity contribution in [1.82, 2.24) is 0 Å². The average Bonchev–Trinajstić information content (AvgIpc) is 2.59. The molecule has 0 radical (unpaired) electrons. The minimum absolute atomic E-state index is 0.0731. The van der Waals surface area contributed by atoms with Crippen LogP contribution in [0, 0.1) is 0 Å². The molecule has 8 heteroatoms. The van der Waals surface area contributed by atoms with Crippen LogP contribution in [0.5, 0.6) is 0 Å². The Hall–Kier alpha value is -1.35. The van der Waals surface area contributed by atoms with Crippen LogP contribution in [-0.2, 0) is 14.6 Å². The van der Waals surface area contributed by atoms with Gasteiger partial charge in [-0.2, -0.15) is 0 Å². The highest BCUT2D eigenvalue weighted by atomic mass is 32.2. The van der Waals surface area contributed by atoms with Gasteiger partial charge in [-0.3, -0.25) is 0 Å². The molecule has 0 aromatic heterocycles. The van der Waals surface area contributed by atoms with E-state index in [0.29, 0.717) is 18.9 Å². The summed E-state index contributed by atoms with van der Waals surface area (Å²) in [7, 11) is -3.46. The molecule has 1 aromatic carbocycles. The second-order valence-electron chi connectivity index (χ2n) is 6.09. The Balaban J connectivity index is 2.35. The van der Waals surface area contributed by atoms with Crippen LogP contribution in [0.2, 0.25) is 0 Å². The first kappa shape index (κ1) is 19.0. The fraction of sp³-hybridized carbons (Fsp3) is 0.625. The molecule has 1 aliphatic rings. The van der Waals surface area contributed by atoms with Crippen molar-refractivity contribution < 1.29 is 23.4 Å². The molecule has 0 bridgehead atoms. The number of sulfone groups is 1. The Bertz CT molecular complexity index is 642.